The van der Waals surface area contributed by atoms with Gasteiger partial charge in [0.05, 0.1) is 7.11 Å². The van der Waals surface area contributed by atoms with Crippen molar-refractivity contribution >= 4 is 17.6 Å². The van der Waals surface area contributed by atoms with Gasteiger partial charge in [0.25, 0.3) is 0 Å². The van der Waals surface area contributed by atoms with Crippen molar-refractivity contribution in [3.63, 3.8) is 0 Å². The van der Waals surface area contributed by atoms with Crippen LogP contribution < -0.4 is 11.1 Å². The number of rotatable bonds is 7. The highest BCUT2D eigenvalue weighted by molar-refractivity contribution is 5.78. The van der Waals surface area contributed by atoms with E-state index in [1.54, 1.807) is 13.2 Å². The highest BCUT2D eigenvalue weighted by atomic mass is 16.5. The third-order valence-corrected chi connectivity index (χ3v) is 2.58. The molecule has 0 aliphatic heterocycles. The highest BCUT2D eigenvalue weighted by Gasteiger charge is 2.21. The molecule has 1 unspecified atom stereocenters. The summed E-state index contributed by atoms with van der Waals surface area (Å²) in [6.45, 7) is 4.32. The number of anilines is 2. The number of aromatic nitrogens is 2. The first-order valence-electron chi connectivity index (χ1n) is 6.43. The van der Waals surface area contributed by atoms with E-state index in [1.165, 1.54) is 7.11 Å². The van der Waals surface area contributed by atoms with E-state index in [9.17, 15) is 4.79 Å². The summed E-state index contributed by atoms with van der Waals surface area (Å²) in [4.78, 5) is 20.1. The van der Waals surface area contributed by atoms with Gasteiger partial charge < -0.3 is 20.5 Å². The van der Waals surface area contributed by atoms with Gasteiger partial charge in [-0.15, -0.1) is 0 Å². The molecule has 3 N–H and O–H groups in total. The lowest BCUT2D eigenvalue weighted by atomic mass is 10.0. The number of carbonyl (C=O) groups excluding carboxylic acids is 1. The van der Waals surface area contributed by atoms with Gasteiger partial charge in [-0.1, -0.05) is 13.8 Å². The summed E-state index contributed by atoms with van der Waals surface area (Å²) in [5.41, 5.74) is 5.71. The highest BCUT2D eigenvalue weighted by Crippen LogP contribution is 2.15. The maximum absolute atomic E-state index is 11.8. The average Bonchev–Trinajstić information content (AvgIpc) is 2.36. The van der Waals surface area contributed by atoms with E-state index in [0.29, 0.717) is 29.8 Å². The summed E-state index contributed by atoms with van der Waals surface area (Å²) in [5, 5.41) is 3.04. The van der Waals surface area contributed by atoms with Crippen molar-refractivity contribution in [1.29, 1.82) is 0 Å². The fraction of sp³-hybridized carbons (Fsp3) is 0.615. The molecular formula is C13H22N4O3. The van der Waals surface area contributed by atoms with Crippen LogP contribution in [0.4, 0.5) is 11.6 Å². The summed E-state index contributed by atoms with van der Waals surface area (Å²) >= 11 is 0. The molecule has 7 heteroatoms. The van der Waals surface area contributed by atoms with Crippen molar-refractivity contribution in [1.82, 2.24) is 9.97 Å². The Hall–Kier alpha value is -1.89. The summed E-state index contributed by atoms with van der Waals surface area (Å²) < 4.78 is 9.77. The molecule has 0 aliphatic carbocycles. The smallest absolute Gasteiger partial charge is 0.328 e. The summed E-state index contributed by atoms with van der Waals surface area (Å²) in [5.74, 6) is 1.28. The van der Waals surface area contributed by atoms with E-state index in [2.05, 4.69) is 15.3 Å². The van der Waals surface area contributed by atoms with Crippen molar-refractivity contribution in [2.75, 3.05) is 25.3 Å². The molecule has 20 heavy (non-hydrogen) atoms. The molecule has 0 fully saturated rings. The molecule has 0 bridgehead atoms. The Morgan fingerprint density at radius 2 is 2.10 bits per heavy atom. The van der Waals surface area contributed by atoms with Gasteiger partial charge in [0.15, 0.2) is 5.82 Å². The fourth-order valence-corrected chi connectivity index (χ4v) is 1.79. The van der Waals surface area contributed by atoms with Crippen molar-refractivity contribution < 1.29 is 14.3 Å². The number of methoxy groups -OCH3 is 2. The Bertz CT molecular complexity index is 451. The van der Waals surface area contributed by atoms with Crippen LogP contribution >= 0.6 is 0 Å². The van der Waals surface area contributed by atoms with Crippen LogP contribution in [0.25, 0.3) is 0 Å². The zero-order valence-electron chi connectivity index (χ0n) is 12.3. The zero-order chi connectivity index (χ0) is 15.1. The Kier molecular flexibility index (Phi) is 6.17. The van der Waals surface area contributed by atoms with E-state index >= 15 is 0 Å². The number of ether oxygens (including phenoxy) is 2. The van der Waals surface area contributed by atoms with Crippen LogP contribution in [0, 0.1) is 5.92 Å². The first-order valence-corrected chi connectivity index (χ1v) is 6.43. The second-order valence-electron chi connectivity index (χ2n) is 4.88. The predicted octanol–water partition coefficient (Wildman–Crippen LogP) is 1.20. The first-order chi connectivity index (χ1) is 9.46. The molecule has 1 heterocycles. The van der Waals surface area contributed by atoms with Crippen molar-refractivity contribution in [3.8, 4) is 0 Å². The maximum Gasteiger partial charge on any atom is 0.328 e. The molecule has 0 aliphatic rings. The number of esters is 1. The van der Waals surface area contributed by atoms with E-state index in [1.807, 2.05) is 13.8 Å². The SMILES string of the molecule is COCc1nc(N)cc(NC(CC(C)C)C(=O)OC)n1. The minimum Gasteiger partial charge on any atom is -0.467 e. The number of nitrogens with two attached hydrogens (primary N) is 1. The summed E-state index contributed by atoms with van der Waals surface area (Å²) in [7, 11) is 2.91. The van der Waals surface area contributed by atoms with Gasteiger partial charge in [-0.3, -0.25) is 0 Å². The third-order valence-electron chi connectivity index (χ3n) is 2.58. The molecule has 1 atom stereocenters. The van der Waals surface area contributed by atoms with E-state index in [4.69, 9.17) is 15.2 Å². The molecule has 7 nitrogen and oxygen atoms in total. The van der Waals surface area contributed by atoms with Crippen LogP contribution in [-0.4, -0.2) is 36.2 Å². The van der Waals surface area contributed by atoms with Crippen LogP contribution in [0.3, 0.4) is 0 Å². The molecular weight excluding hydrogens is 260 g/mol. The second kappa shape index (κ2) is 7.64. The molecule has 0 aromatic carbocycles. The Morgan fingerprint density at radius 1 is 1.40 bits per heavy atom. The molecule has 1 rings (SSSR count). The molecule has 1 aromatic heterocycles. The minimum atomic E-state index is -0.468. The largest absolute Gasteiger partial charge is 0.467 e. The van der Waals surface area contributed by atoms with Gasteiger partial charge in [0, 0.05) is 13.2 Å². The number of nitrogen functional groups attached to an aromatic ring is 1. The fourth-order valence-electron chi connectivity index (χ4n) is 1.79. The van der Waals surface area contributed by atoms with E-state index in [-0.39, 0.29) is 12.6 Å². The molecule has 0 saturated carbocycles. The maximum atomic E-state index is 11.8. The molecule has 0 radical (unpaired) electrons. The van der Waals surface area contributed by atoms with Crippen LogP contribution in [-0.2, 0) is 20.9 Å². The molecule has 0 spiro atoms. The van der Waals surface area contributed by atoms with Gasteiger partial charge in [-0.2, -0.15) is 0 Å². The monoisotopic (exact) mass is 282 g/mol. The second-order valence-corrected chi connectivity index (χ2v) is 4.88. The quantitative estimate of drug-likeness (QED) is 0.725. The van der Waals surface area contributed by atoms with Gasteiger partial charge in [-0.05, 0) is 12.3 Å². The molecule has 1 aromatic rings. The average molecular weight is 282 g/mol. The Labute approximate surface area is 118 Å². The van der Waals surface area contributed by atoms with E-state index in [0.717, 1.165) is 0 Å². The van der Waals surface area contributed by atoms with Crippen LogP contribution in [0.15, 0.2) is 6.07 Å². The topological polar surface area (TPSA) is 99.4 Å². The number of nitrogens with one attached hydrogen (secondary N) is 1. The van der Waals surface area contributed by atoms with Crippen molar-refractivity contribution in [3.05, 3.63) is 11.9 Å². The molecule has 0 saturated heterocycles. The summed E-state index contributed by atoms with van der Waals surface area (Å²) in [6, 6.07) is 1.11. The van der Waals surface area contributed by atoms with Gasteiger partial charge in [0.2, 0.25) is 0 Å². The number of hydrogen-bond acceptors (Lipinski definition) is 7. The minimum absolute atomic E-state index is 0.257. The number of nitrogens with zero attached hydrogens (tertiary/aromatic N) is 2. The Balaban J connectivity index is 2.89. The van der Waals surface area contributed by atoms with Crippen LogP contribution in [0.2, 0.25) is 0 Å². The normalized spacial score (nSPS) is 12.2. The molecule has 112 valence electrons. The van der Waals surface area contributed by atoms with Crippen molar-refractivity contribution in [2.24, 2.45) is 5.92 Å². The van der Waals surface area contributed by atoms with Crippen molar-refractivity contribution in [2.45, 2.75) is 32.9 Å². The lowest BCUT2D eigenvalue weighted by Crippen LogP contribution is -2.32. The van der Waals surface area contributed by atoms with Gasteiger partial charge in [0.1, 0.15) is 24.3 Å². The first kappa shape index (κ1) is 16.2. The van der Waals surface area contributed by atoms with E-state index < -0.39 is 6.04 Å². The van der Waals surface area contributed by atoms with Crippen LogP contribution in [0.1, 0.15) is 26.1 Å². The lowest BCUT2D eigenvalue weighted by molar-refractivity contribution is -0.141. The van der Waals surface area contributed by atoms with Gasteiger partial charge in [-0.25, -0.2) is 14.8 Å². The van der Waals surface area contributed by atoms with Crippen LogP contribution in [0.5, 0.6) is 0 Å². The Morgan fingerprint density at radius 3 is 2.65 bits per heavy atom. The zero-order valence-corrected chi connectivity index (χ0v) is 12.3. The number of hydrogen-bond donors (Lipinski definition) is 2. The summed E-state index contributed by atoms with van der Waals surface area (Å²) in [6.07, 6.45) is 0.635. The van der Waals surface area contributed by atoms with Gasteiger partial charge >= 0.3 is 5.97 Å². The third kappa shape index (κ3) is 5.00. The predicted molar refractivity (Wildman–Crippen MR) is 76.0 cm³/mol. The molecule has 0 amide bonds. The standard InChI is InChI=1S/C13H22N4O3/c1-8(2)5-9(13(18)20-4)15-11-6-10(14)16-12(17-11)7-19-3/h6,8-9H,5,7H2,1-4H3,(H3,14,15,16,17). The lowest BCUT2D eigenvalue weighted by Gasteiger charge is -2.19. The number of carbonyl (C=O) groups is 1.